The maximum atomic E-state index is 13.1. The van der Waals surface area contributed by atoms with Gasteiger partial charge in [0.05, 0.1) is 14.2 Å². The summed E-state index contributed by atoms with van der Waals surface area (Å²) in [5, 5.41) is 2.62. The van der Waals surface area contributed by atoms with E-state index in [2.05, 4.69) is 5.27 Å². The van der Waals surface area contributed by atoms with E-state index in [1.165, 1.54) is 0 Å². The van der Waals surface area contributed by atoms with Crippen molar-refractivity contribution in [2.24, 2.45) is 0 Å². The van der Waals surface area contributed by atoms with E-state index in [9.17, 15) is 9.59 Å². The number of ether oxygens (including phenoxy) is 2. The van der Waals surface area contributed by atoms with E-state index in [0.717, 1.165) is 12.8 Å². The number of aromatic nitrogens is 2. The van der Waals surface area contributed by atoms with Crippen LogP contribution in [0.4, 0.5) is 0 Å². The molecule has 0 unspecified atom stereocenters. The van der Waals surface area contributed by atoms with E-state index in [4.69, 9.17) is 14.0 Å². The molecule has 0 saturated heterocycles. The molecule has 0 aliphatic heterocycles. The number of rotatable bonds is 7. The second kappa shape index (κ2) is 7.83. The summed E-state index contributed by atoms with van der Waals surface area (Å²) in [5.74, 6) is 1.26. The highest BCUT2D eigenvalue weighted by molar-refractivity contribution is 5.94. The molecule has 29 heavy (non-hydrogen) atoms. The number of aromatic amines is 1. The number of amides is 1. The maximum absolute atomic E-state index is 13.1. The zero-order valence-corrected chi connectivity index (χ0v) is 16.3. The van der Waals surface area contributed by atoms with Gasteiger partial charge < -0.3 is 14.4 Å². The fourth-order valence-corrected chi connectivity index (χ4v) is 3.18. The highest BCUT2D eigenvalue weighted by Crippen LogP contribution is 2.29. The van der Waals surface area contributed by atoms with Crippen LogP contribution in [0.5, 0.6) is 11.5 Å². The molecule has 1 aromatic heterocycles. The summed E-state index contributed by atoms with van der Waals surface area (Å²) in [6.45, 7) is 0.146. The van der Waals surface area contributed by atoms with Crippen molar-refractivity contribution >= 4 is 5.91 Å². The average molecular weight is 396 g/mol. The van der Waals surface area contributed by atoms with Gasteiger partial charge in [-0.3, -0.25) is 9.32 Å². The van der Waals surface area contributed by atoms with E-state index in [0.29, 0.717) is 28.4 Å². The molecule has 8 nitrogen and oxygen atoms in total. The summed E-state index contributed by atoms with van der Waals surface area (Å²) in [5.41, 5.74) is 1.10. The minimum absolute atomic E-state index is 0.114. The lowest BCUT2D eigenvalue weighted by Crippen LogP contribution is -2.43. The average Bonchev–Trinajstić information content (AvgIpc) is 3.54. The van der Waals surface area contributed by atoms with Gasteiger partial charge in [-0.15, -0.1) is 0 Å². The molecular weight excluding hydrogens is 374 g/mol. The van der Waals surface area contributed by atoms with Crippen LogP contribution >= 0.6 is 0 Å². The summed E-state index contributed by atoms with van der Waals surface area (Å²) in [6.07, 6.45) is 1.83. The lowest BCUT2D eigenvalue weighted by molar-refractivity contribution is -0.678. The van der Waals surface area contributed by atoms with E-state index >= 15 is 0 Å². The van der Waals surface area contributed by atoms with Crippen molar-refractivity contribution in [1.82, 2.24) is 10.2 Å². The summed E-state index contributed by atoms with van der Waals surface area (Å²) in [4.78, 5) is 27.2. The second-order valence-electron chi connectivity index (χ2n) is 6.85. The number of carbonyl (C=O) groups is 1. The van der Waals surface area contributed by atoms with Gasteiger partial charge in [0.15, 0.2) is 0 Å². The van der Waals surface area contributed by atoms with Crippen LogP contribution in [0.3, 0.4) is 0 Å². The highest BCUT2D eigenvalue weighted by Gasteiger charge is 2.37. The molecule has 1 N–H and O–H groups in total. The van der Waals surface area contributed by atoms with Crippen molar-refractivity contribution in [3.05, 3.63) is 70.2 Å². The summed E-state index contributed by atoms with van der Waals surface area (Å²) < 4.78 is 16.9. The van der Waals surface area contributed by atoms with Crippen molar-refractivity contribution in [3.63, 3.8) is 0 Å². The molecule has 0 radical (unpaired) electrons. The van der Waals surface area contributed by atoms with Gasteiger partial charge in [0.25, 0.3) is 5.91 Å². The molecule has 150 valence electrons. The van der Waals surface area contributed by atoms with Crippen LogP contribution in [-0.2, 0) is 6.54 Å². The van der Waals surface area contributed by atoms with Crippen LogP contribution in [0.15, 0.2) is 57.8 Å². The Morgan fingerprint density at radius 1 is 1.07 bits per heavy atom. The zero-order valence-electron chi connectivity index (χ0n) is 16.3. The first-order chi connectivity index (χ1) is 14.1. The van der Waals surface area contributed by atoms with Crippen LogP contribution in [0.2, 0.25) is 0 Å². The predicted octanol–water partition coefficient (Wildman–Crippen LogP) is 2.07. The molecule has 3 aromatic rings. The van der Waals surface area contributed by atoms with Gasteiger partial charge in [-0.05, 0) is 59.2 Å². The van der Waals surface area contributed by atoms with Crippen LogP contribution in [0, 0.1) is 0 Å². The van der Waals surface area contributed by atoms with Gasteiger partial charge in [-0.25, -0.2) is 4.79 Å². The van der Waals surface area contributed by atoms with Crippen molar-refractivity contribution in [2.75, 3.05) is 14.2 Å². The van der Waals surface area contributed by atoms with Gasteiger partial charge in [0.2, 0.25) is 5.69 Å². The third kappa shape index (κ3) is 3.87. The van der Waals surface area contributed by atoms with E-state index in [1.807, 2.05) is 0 Å². The number of benzene rings is 2. The lowest BCUT2D eigenvalue weighted by Gasteiger charge is -2.20. The Kier molecular flexibility index (Phi) is 5.07. The Balaban J connectivity index is 1.63. The SMILES string of the molecule is COc1ccc(C(=O)N(Cc2c(=O)o[nH][n+]2-c2ccc(OC)cc2)C2CC2)cc1. The minimum atomic E-state index is -0.506. The van der Waals surface area contributed by atoms with E-state index in [-0.39, 0.29) is 18.5 Å². The Bertz CT molecular complexity index is 1050. The summed E-state index contributed by atoms with van der Waals surface area (Å²) in [7, 11) is 3.17. The summed E-state index contributed by atoms with van der Waals surface area (Å²) in [6, 6.07) is 14.3. The summed E-state index contributed by atoms with van der Waals surface area (Å²) >= 11 is 0. The predicted molar refractivity (Wildman–Crippen MR) is 103 cm³/mol. The largest absolute Gasteiger partial charge is 0.497 e. The van der Waals surface area contributed by atoms with E-state index in [1.54, 1.807) is 72.3 Å². The van der Waals surface area contributed by atoms with Gasteiger partial charge in [-0.2, -0.15) is 0 Å². The molecule has 1 fully saturated rings. The molecule has 1 heterocycles. The first kappa shape index (κ1) is 18.8. The molecule has 2 aromatic carbocycles. The highest BCUT2D eigenvalue weighted by atomic mass is 16.5. The molecule has 0 spiro atoms. The van der Waals surface area contributed by atoms with Gasteiger partial charge in [-0.1, -0.05) is 0 Å². The molecule has 1 aliphatic carbocycles. The number of carbonyl (C=O) groups excluding carboxylic acids is 1. The van der Waals surface area contributed by atoms with Crippen LogP contribution in [-0.4, -0.2) is 36.3 Å². The molecule has 1 amide bonds. The van der Waals surface area contributed by atoms with Crippen LogP contribution < -0.4 is 19.8 Å². The fourth-order valence-electron chi connectivity index (χ4n) is 3.18. The molecule has 4 rings (SSSR count). The van der Waals surface area contributed by atoms with Crippen molar-refractivity contribution in [2.45, 2.75) is 25.4 Å². The Hall–Kier alpha value is -3.55. The molecular formula is C21H22N3O5+. The molecule has 0 bridgehead atoms. The second-order valence-corrected chi connectivity index (χ2v) is 6.85. The molecule has 0 atom stereocenters. The number of hydrogen-bond acceptors (Lipinski definition) is 5. The monoisotopic (exact) mass is 396 g/mol. The number of hydrogen-bond donors (Lipinski definition) is 1. The van der Waals surface area contributed by atoms with Crippen molar-refractivity contribution in [3.8, 4) is 17.2 Å². The Morgan fingerprint density at radius 2 is 1.66 bits per heavy atom. The quantitative estimate of drug-likeness (QED) is 0.618. The number of H-pyrrole nitrogens is 1. The first-order valence-corrected chi connectivity index (χ1v) is 9.32. The van der Waals surface area contributed by atoms with Crippen LogP contribution in [0.25, 0.3) is 5.69 Å². The maximum Gasteiger partial charge on any atom is 0.432 e. The minimum Gasteiger partial charge on any atom is -0.497 e. The standard InChI is InChI=1S/C21H21N3O5/c1-27-17-9-3-14(4-10-17)20(25)23(15-5-6-15)13-19-21(26)29-22-24(19)16-7-11-18(28-2)12-8-16/h3-4,7-12,15H,5-6,13H2,1-2H3/p+1. The van der Waals surface area contributed by atoms with Crippen LogP contribution in [0.1, 0.15) is 28.9 Å². The molecule has 1 aliphatic rings. The number of methoxy groups -OCH3 is 2. The first-order valence-electron chi connectivity index (χ1n) is 9.32. The third-order valence-electron chi connectivity index (χ3n) is 4.97. The van der Waals surface area contributed by atoms with Gasteiger partial charge in [0, 0.05) is 23.7 Å². The number of nitrogens with one attached hydrogen (secondary N) is 1. The lowest BCUT2D eigenvalue weighted by atomic mass is 10.2. The van der Waals surface area contributed by atoms with Crippen molar-refractivity contribution < 1.29 is 23.5 Å². The van der Waals surface area contributed by atoms with Gasteiger partial charge >= 0.3 is 11.3 Å². The Morgan fingerprint density at radius 3 is 2.21 bits per heavy atom. The Labute approximate surface area is 167 Å². The smallest absolute Gasteiger partial charge is 0.432 e. The van der Waals surface area contributed by atoms with Gasteiger partial charge in [0.1, 0.15) is 18.0 Å². The van der Waals surface area contributed by atoms with E-state index < -0.39 is 5.63 Å². The molecule has 1 saturated carbocycles. The third-order valence-corrected chi connectivity index (χ3v) is 4.97. The fraction of sp³-hybridized carbons (Fsp3) is 0.286. The zero-order chi connectivity index (χ0) is 20.4. The van der Waals surface area contributed by atoms with Crippen molar-refractivity contribution in [1.29, 1.82) is 0 Å². The normalized spacial score (nSPS) is 13.2. The number of nitrogens with zero attached hydrogens (tertiary/aromatic N) is 2. The topological polar surface area (TPSA) is 88.6 Å². The molecule has 8 heteroatoms.